The average Bonchev–Trinajstić information content (AvgIpc) is 2.51. The van der Waals surface area contributed by atoms with Crippen molar-refractivity contribution in [3.63, 3.8) is 0 Å². The van der Waals surface area contributed by atoms with Gasteiger partial charge in [-0.15, -0.1) is 0 Å². The first-order chi connectivity index (χ1) is 10.2. The first kappa shape index (κ1) is 13.9. The molecule has 0 saturated carbocycles. The number of hydrogen-bond acceptors (Lipinski definition) is 3. The molecule has 3 rings (SSSR count). The van der Waals surface area contributed by atoms with Gasteiger partial charge in [0.25, 0.3) is 0 Å². The van der Waals surface area contributed by atoms with E-state index in [1.165, 1.54) is 0 Å². The van der Waals surface area contributed by atoms with Crippen molar-refractivity contribution in [1.82, 2.24) is 4.98 Å². The van der Waals surface area contributed by atoms with Crippen molar-refractivity contribution >= 4 is 49.8 Å². The van der Waals surface area contributed by atoms with Crippen LogP contribution in [0, 0.1) is 11.3 Å². The molecule has 0 amide bonds. The maximum Gasteiger partial charge on any atom is 0.103 e. The zero-order valence-electron chi connectivity index (χ0n) is 10.8. The van der Waals surface area contributed by atoms with Gasteiger partial charge in [0.15, 0.2) is 0 Å². The van der Waals surface area contributed by atoms with Crippen LogP contribution in [0.15, 0.2) is 53.1 Å². The molecule has 0 radical (unpaired) electrons. The number of pyridine rings is 1. The molecule has 0 aliphatic carbocycles. The fourth-order valence-corrected chi connectivity index (χ4v) is 2.51. The molecule has 0 saturated heterocycles. The highest BCUT2D eigenvalue weighted by Gasteiger charge is 2.09. The monoisotopic (exact) mass is 357 g/mol. The summed E-state index contributed by atoms with van der Waals surface area (Å²) in [5.74, 6) is 0. The predicted octanol–water partition coefficient (Wildman–Crippen LogP) is 5.27. The summed E-state index contributed by atoms with van der Waals surface area (Å²) < 4.78 is 0.829. The molecule has 2 aromatic carbocycles. The molecule has 21 heavy (non-hydrogen) atoms. The highest BCUT2D eigenvalue weighted by Crippen LogP contribution is 2.31. The van der Waals surface area contributed by atoms with Gasteiger partial charge in [0.1, 0.15) is 6.07 Å². The second kappa shape index (κ2) is 5.72. The highest BCUT2D eigenvalue weighted by molar-refractivity contribution is 9.10. The van der Waals surface area contributed by atoms with Crippen LogP contribution in [0.2, 0.25) is 5.02 Å². The van der Waals surface area contributed by atoms with Crippen molar-refractivity contribution in [1.29, 1.82) is 5.26 Å². The zero-order chi connectivity index (χ0) is 14.8. The van der Waals surface area contributed by atoms with Crippen LogP contribution in [-0.4, -0.2) is 4.98 Å². The summed E-state index contributed by atoms with van der Waals surface area (Å²) in [6, 6.07) is 15.4. The number of hydrogen-bond donors (Lipinski definition) is 1. The van der Waals surface area contributed by atoms with Gasteiger partial charge in [-0.1, -0.05) is 29.8 Å². The fourth-order valence-electron chi connectivity index (χ4n) is 2.08. The van der Waals surface area contributed by atoms with E-state index in [0.717, 1.165) is 26.8 Å². The van der Waals surface area contributed by atoms with Gasteiger partial charge in [0.05, 0.1) is 21.8 Å². The summed E-state index contributed by atoms with van der Waals surface area (Å²) >= 11 is 9.47. The van der Waals surface area contributed by atoms with Crippen LogP contribution in [0.3, 0.4) is 0 Å². The first-order valence-electron chi connectivity index (χ1n) is 6.19. The van der Waals surface area contributed by atoms with Crippen LogP contribution >= 0.6 is 27.5 Å². The quantitative estimate of drug-likeness (QED) is 0.679. The summed E-state index contributed by atoms with van der Waals surface area (Å²) in [6.07, 6.45) is 1.57. The van der Waals surface area contributed by atoms with Crippen LogP contribution < -0.4 is 5.32 Å². The molecule has 1 heterocycles. The van der Waals surface area contributed by atoms with Crippen LogP contribution in [-0.2, 0) is 0 Å². The Kier molecular flexibility index (Phi) is 3.78. The Labute approximate surface area is 135 Å². The number of aromatic nitrogens is 1. The lowest BCUT2D eigenvalue weighted by Gasteiger charge is -2.12. The van der Waals surface area contributed by atoms with Gasteiger partial charge in [0.2, 0.25) is 0 Å². The second-order valence-electron chi connectivity index (χ2n) is 4.43. The third-order valence-electron chi connectivity index (χ3n) is 3.08. The average molecular weight is 359 g/mol. The smallest absolute Gasteiger partial charge is 0.103 e. The van der Waals surface area contributed by atoms with Crippen LogP contribution in [0.5, 0.6) is 0 Å². The molecule has 0 atom stereocenters. The molecule has 1 N–H and O–H groups in total. The van der Waals surface area contributed by atoms with Crippen LogP contribution in [0.1, 0.15) is 5.56 Å². The molecule has 0 spiro atoms. The Morgan fingerprint density at radius 2 is 2.00 bits per heavy atom. The largest absolute Gasteiger partial charge is 0.354 e. The van der Waals surface area contributed by atoms with Gasteiger partial charge in [-0.3, -0.25) is 4.98 Å². The number of nitrogens with zero attached hydrogens (tertiary/aromatic N) is 2. The molecule has 3 aromatic rings. The number of nitrogens with one attached hydrogen (secondary N) is 1. The topological polar surface area (TPSA) is 48.7 Å². The summed E-state index contributed by atoms with van der Waals surface area (Å²) in [6.45, 7) is 0. The van der Waals surface area contributed by atoms with E-state index in [1.54, 1.807) is 6.20 Å². The van der Waals surface area contributed by atoms with E-state index in [2.05, 4.69) is 32.3 Å². The number of rotatable bonds is 2. The number of para-hydroxylation sites is 1. The van der Waals surface area contributed by atoms with Gasteiger partial charge in [0, 0.05) is 21.7 Å². The van der Waals surface area contributed by atoms with Crippen molar-refractivity contribution in [2.24, 2.45) is 0 Å². The zero-order valence-corrected chi connectivity index (χ0v) is 13.1. The number of fused-ring (bicyclic) bond motifs is 1. The first-order valence-corrected chi connectivity index (χ1v) is 7.36. The lowest BCUT2D eigenvalue weighted by atomic mass is 10.1. The minimum Gasteiger partial charge on any atom is -0.354 e. The Morgan fingerprint density at radius 1 is 1.19 bits per heavy atom. The Balaban J connectivity index is 2.14. The predicted molar refractivity (Wildman–Crippen MR) is 88.9 cm³/mol. The molecular weight excluding hydrogens is 350 g/mol. The third-order valence-corrected chi connectivity index (χ3v) is 4.32. The normalized spacial score (nSPS) is 10.3. The summed E-state index contributed by atoms with van der Waals surface area (Å²) in [7, 11) is 0. The standard InChI is InChI=1S/C16H9BrClN3/c17-13-6-5-11(7-14(13)18)21-16-10(8-19)9-20-15-4-2-1-3-12(15)16/h1-7,9H,(H,20,21). The molecule has 0 aliphatic heterocycles. The third kappa shape index (κ3) is 2.71. The molecule has 3 nitrogen and oxygen atoms in total. The summed E-state index contributed by atoms with van der Waals surface area (Å²) in [4.78, 5) is 4.29. The van der Waals surface area contributed by atoms with Crippen molar-refractivity contribution in [2.75, 3.05) is 5.32 Å². The minimum atomic E-state index is 0.493. The van der Waals surface area contributed by atoms with E-state index >= 15 is 0 Å². The molecule has 0 unspecified atom stereocenters. The van der Waals surface area contributed by atoms with Crippen molar-refractivity contribution < 1.29 is 0 Å². The molecule has 102 valence electrons. The van der Waals surface area contributed by atoms with E-state index in [1.807, 2.05) is 42.5 Å². The Bertz CT molecular complexity index is 871. The molecular formula is C16H9BrClN3. The summed E-state index contributed by atoms with van der Waals surface area (Å²) in [5.41, 5.74) is 2.88. The van der Waals surface area contributed by atoms with Gasteiger partial charge in [-0.2, -0.15) is 5.26 Å². The van der Waals surface area contributed by atoms with E-state index in [4.69, 9.17) is 11.6 Å². The van der Waals surface area contributed by atoms with Crippen molar-refractivity contribution in [3.8, 4) is 6.07 Å². The molecule has 5 heteroatoms. The highest BCUT2D eigenvalue weighted by atomic mass is 79.9. The molecule has 0 bridgehead atoms. The molecule has 0 fully saturated rings. The number of nitriles is 1. The van der Waals surface area contributed by atoms with E-state index in [0.29, 0.717) is 10.6 Å². The lowest BCUT2D eigenvalue weighted by molar-refractivity contribution is 1.36. The minimum absolute atomic E-state index is 0.493. The van der Waals surface area contributed by atoms with Crippen LogP contribution in [0.4, 0.5) is 11.4 Å². The Morgan fingerprint density at radius 3 is 2.76 bits per heavy atom. The number of benzene rings is 2. The van der Waals surface area contributed by atoms with Crippen molar-refractivity contribution in [3.05, 3.63) is 63.7 Å². The van der Waals surface area contributed by atoms with E-state index < -0.39 is 0 Å². The Hall–Kier alpha value is -2.09. The van der Waals surface area contributed by atoms with Gasteiger partial charge >= 0.3 is 0 Å². The van der Waals surface area contributed by atoms with Gasteiger partial charge < -0.3 is 5.32 Å². The molecule has 0 aliphatic rings. The van der Waals surface area contributed by atoms with Crippen LogP contribution in [0.25, 0.3) is 10.9 Å². The van der Waals surface area contributed by atoms with Gasteiger partial charge in [-0.25, -0.2) is 0 Å². The SMILES string of the molecule is N#Cc1cnc2ccccc2c1Nc1ccc(Br)c(Cl)c1. The van der Waals surface area contributed by atoms with Crippen molar-refractivity contribution in [2.45, 2.75) is 0 Å². The fraction of sp³-hybridized carbons (Fsp3) is 0. The van der Waals surface area contributed by atoms with E-state index in [-0.39, 0.29) is 0 Å². The molecule has 1 aromatic heterocycles. The lowest BCUT2D eigenvalue weighted by Crippen LogP contribution is -1.96. The number of anilines is 2. The maximum atomic E-state index is 9.29. The summed E-state index contributed by atoms with van der Waals surface area (Å²) in [5, 5.41) is 14.1. The van der Waals surface area contributed by atoms with Gasteiger partial charge in [-0.05, 0) is 40.2 Å². The maximum absolute atomic E-state index is 9.29. The second-order valence-corrected chi connectivity index (χ2v) is 5.69. The van der Waals surface area contributed by atoms with E-state index in [9.17, 15) is 5.26 Å². The number of halogens is 2.